The molecule has 1 fully saturated rings. The summed E-state index contributed by atoms with van der Waals surface area (Å²) >= 11 is 1.69. The lowest BCUT2D eigenvalue weighted by Gasteiger charge is -2.32. The third-order valence-electron chi connectivity index (χ3n) is 5.46. The Kier molecular flexibility index (Phi) is 6.08. The van der Waals surface area contributed by atoms with Crippen LogP contribution in [0.4, 0.5) is 0 Å². The zero-order valence-corrected chi connectivity index (χ0v) is 18.1. The molecular formula is C23H26N4O2S. The van der Waals surface area contributed by atoms with E-state index >= 15 is 0 Å². The first-order chi connectivity index (χ1) is 14.6. The fourth-order valence-electron chi connectivity index (χ4n) is 4.04. The van der Waals surface area contributed by atoms with Crippen LogP contribution in [-0.4, -0.2) is 44.0 Å². The molecule has 1 amide bonds. The Hall–Kier alpha value is -2.80. The van der Waals surface area contributed by atoms with Gasteiger partial charge < -0.3 is 4.90 Å². The van der Waals surface area contributed by atoms with Gasteiger partial charge in [-0.1, -0.05) is 37.3 Å². The highest BCUT2D eigenvalue weighted by molar-refractivity contribution is 7.99. The van der Waals surface area contributed by atoms with Gasteiger partial charge in [-0.05, 0) is 42.9 Å². The predicted molar refractivity (Wildman–Crippen MR) is 120 cm³/mol. The average Bonchev–Trinajstić information content (AvgIpc) is 3.09. The summed E-state index contributed by atoms with van der Waals surface area (Å²) in [4.78, 5) is 29.0. The highest BCUT2D eigenvalue weighted by Gasteiger charge is 2.30. The molecule has 0 N–H and O–H groups in total. The van der Waals surface area contributed by atoms with Crippen LogP contribution in [0.3, 0.4) is 0 Å². The number of amides is 1. The molecule has 7 heteroatoms. The van der Waals surface area contributed by atoms with E-state index in [2.05, 4.69) is 12.0 Å². The second kappa shape index (κ2) is 8.92. The van der Waals surface area contributed by atoms with Crippen LogP contribution in [0.5, 0.6) is 0 Å². The minimum Gasteiger partial charge on any atom is -0.338 e. The van der Waals surface area contributed by atoms with Gasteiger partial charge in [-0.2, -0.15) is 5.10 Å². The third-order valence-corrected chi connectivity index (χ3v) is 6.41. The van der Waals surface area contributed by atoms with Crippen LogP contribution in [0, 0.1) is 0 Å². The fraction of sp³-hybridized carbons (Fsp3) is 0.348. The van der Waals surface area contributed by atoms with E-state index in [9.17, 15) is 9.59 Å². The lowest BCUT2D eigenvalue weighted by atomic mass is 9.96. The van der Waals surface area contributed by atoms with Crippen molar-refractivity contribution in [2.45, 2.75) is 30.6 Å². The van der Waals surface area contributed by atoms with E-state index in [1.54, 1.807) is 23.4 Å². The highest BCUT2D eigenvalue weighted by atomic mass is 32.2. The zero-order chi connectivity index (χ0) is 21.1. The summed E-state index contributed by atoms with van der Waals surface area (Å²) < 4.78 is 3.07. The number of thioether (sulfide) groups is 1. The summed E-state index contributed by atoms with van der Waals surface area (Å²) in [5.41, 5.74) is 1.40. The number of carbonyl (C=O) groups is 1. The number of likely N-dealkylation sites (tertiary alicyclic amines) is 1. The molecule has 0 saturated carbocycles. The molecule has 0 spiro atoms. The Morgan fingerprint density at radius 3 is 2.63 bits per heavy atom. The van der Waals surface area contributed by atoms with E-state index < -0.39 is 0 Å². The van der Waals surface area contributed by atoms with Gasteiger partial charge in [0.15, 0.2) is 0 Å². The van der Waals surface area contributed by atoms with Gasteiger partial charge >= 0.3 is 5.69 Å². The predicted octanol–water partition coefficient (Wildman–Crippen LogP) is 3.70. The first kappa shape index (κ1) is 20.5. The lowest BCUT2D eigenvalue weighted by Crippen LogP contribution is -2.40. The summed E-state index contributed by atoms with van der Waals surface area (Å²) in [6.45, 7) is 3.38. The number of hydrogen-bond donors (Lipinski definition) is 0. The molecule has 1 aliphatic heterocycles. The van der Waals surface area contributed by atoms with E-state index in [-0.39, 0.29) is 17.5 Å². The summed E-state index contributed by atoms with van der Waals surface area (Å²) in [6.07, 6.45) is 1.79. The number of carbonyl (C=O) groups excluding carboxylic acids is 1. The van der Waals surface area contributed by atoms with E-state index in [0.717, 1.165) is 47.1 Å². The van der Waals surface area contributed by atoms with Crippen LogP contribution in [0.1, 0.15) is 41.9 Å². The maximum absolute atomic E-state index is 13.3. The average molecular weight is 423 g/mol. The monoisotopic (exact) mass is 422 g/mol. The van der Waals surface area contributed by atoms with Crippen LogP contribution in [-0.2, 0) is 7.05 Å². The van der Waals surface area contributed by atoms with Gasteiger partial charge in [-0.25, -0.2) is 14.0 Å². The van der Waals surface area contributed by atoms with E-state index in [4.69, 9.17) is 0 Å². The van der Waals surface area contributed by atoms with E-state index in [1.165, 1.54) is 4.68 Å². The topological polar surface area (TPSA) is 60.1 Å². The van der Waals surface area contributed by atoms with Crippen molar-refractivity contribution in [1.82, 2.24) is 19.2 Å². The number of para-hydroxylation sites is 1. The van der Waals surface area contributed by atoms with Crippen molar-refractivity contribution < 1.29 is 4.79 Å². The second-order valence-corrected chi connectivity index (χ2v) is 8.76. The van der Waals surface area contributed by atoms with Crippen molar-refractivity contribution in [2.75, 3.05) is 18.8 Å². The Morgan fingerprint density at radius 1 is 1.13 bits per heavy atom. The Labute approximate surface area is 180 Å². The number of aryl methyl sites for hydroxylation is 1. The summed E-state index contributed by atoms with van der Waals surface area (Å²) in [5, 5.41) is 4.55. The van der Waals surface area contributed by atoms with Gasteiger partial charge in [0.2, 0.25) is 0 Å². The minimum absolute atomic E-state index is 0.0165. The maximum atomic E-state index is 13.3. The number of piperidine rings is 1. The van der Waals surface area contributed by atoms with E-state index in [0.29, 0.717) is 6.54 Å². The molecule has 1 aromatic heterocycles. The molecule has 0 bridgehead atoms. The van der Waals surface area contributed by atoms with Crippen LogP contribution < -0.4 is 5.69 Å². The molecule has 30 heavy (non-hydrogen) atoms. The second-order valence-electron chi connectivity index (χ2n) is 7.45. The first-order valence-corrected chi connectivity index (χ1v) is 11.3. The van der Waals surface area contributed by atoms with Crippen molar-refractivity contribution in [3.05, 3.63) is 76.5 Å². The minimum atomic E-state index is -0.163. The molecule has 6 nitrogen and oxygen atoms in total. The molecule has 2 aromatic carbocycles. The Bertz CT molecular complexity index is 1090. The largest absolute Gasteiger partial charge is 0.350 e. The number of hydrogen-bond acceptors (Lipinski definition) is 4. The summed E-state index contributed by atoms with van der Waals surface area (Å²) in [6, 6.07) is 17.4. The molecule has 1 atom stereocenters. The number of benzene rings is 2. The summed E-state index contributed by atoms with van der Waals surface area (Å²) in [7, 11) is 1.68. The molecule has 0 aliphatic carbocycles. The SMILES string of the molecule is CCSc1ccccc1C(=O)N1CCCC(c2nn(C)c(=O)n2-c2ccccc2)C1. The molecule has 156 valence electrons. The van der Waals surface area contributed by atoms with Crippen molar-refractivity contribution in [3.8, 4) is 5.69 Å². The number of rotatable bonds is 5. The van der Waals surface area contributed by atoms with Gasteiger partial charge in [0.25, 0.3) is 5.91 Å². The Morgan fingerprint density at radius 2 is 1.87 bits per heavy atom. The quantitative estimate of drug-likeness (QED) is 0.588. The summed E-state index contributed by atoms with van der Waals surface area (Å²) in [5.74, 6) is 1.72. The normalized spacial score (nSPS) is 16.6. The van der Waals surface area contributed by atoms with Gasteiger partial charge in [0, 0.05) is 31.0 Å². The van der Waals surface area contributed by atoms with Crippen molar-refractivity contribution in [3.63, 3.8) is 0 Å². The molecule has 0 radical (unpaired) electrons. The molecule has 3 aromatic rings. The number of aromatic nitrogens is 3. The standard InChI is InChI=1S/C23H26N4O2S/c1-3-30-20-14-8-7-13-19(20)22(28)26-15-9-10-17(16-26)21-24-25(2)23(29)27(21)18-11-5-4-6-12-18/h4-8,11-14,17H,3,9-10,15-16H2,1-2H3. The Balaban J connectivity index is 1.64. The van der Waals surface area contributed by atoms with Gasteiger partial charge in [-0.15, -0.1) is 11.8 Å². The van der Waals surface area contributed by atoms with Crippen LogP contribution in [0.25, 0.3) is 5.69 Å². The zero-order valence-electron chi connectivity index (χ0n) is 17.3. The van der Waals surface area contributed by atoms with Crippen LogP contribution in [0.15, 0.2) is 64.3 Å². The first-order valence-electron chi connectivity index (χ1n) is 10.3. The smallest absolute Gasteiger partial charge is 0.338 e. The highest BCUT2D eigenvalue weighted by Crippen LogP contribution is 2.29. The van der Waals surface area contributed by atoms with Crippen LogP contribution >= 0.6 is 11.8 Å². The molecule has 4 rings (SSSR count). The van der Waals surface area contributed by atoms with Gasteiger partial charge in [0.1, 0.15) is 5.82 Å². The number of nitrogens with zero attached hydrogens (tertiary/aromatic N) is 4. The fourth-order valence-corrected chi connectivity index (χ4v) is 4.83. The van der Waals surface area contributed by atoms with Crippen molar-refractivity contribution in [2.24, 2.45) is 7.05 Å². The molecule has 1 unspecified atom stereocenters. The molecule has 1 saturated heterocycles. The molecule has 1 aliphatic rings. The van der Waals surface area contributed by atoms with Crippen molar-refractivity contribution in [1.29, 1.82) is 0 Å². The van der Waals surface area contributed by atoms with Crippen LogP contribution in [0.2, 0.25) is 0 Å². The maximum Gasteiger partial charge on any atom is 0.350 e. The van der Waals surface area contributed by atoms with Crippen molar-refractivity contribution >= 4 is 17.7 Å². The third kappa shape index (κ3) is 3.94. The molecular weight excluding hydrogens is 396 g/mol. The van der Waals surface area contributed by atoms with Gasteiger partial charge in [0.05, 0.1) is 11.3 Å². The van der Waals surface area contributed by atoms with Gasteiger partial charge in [-0.3, -0.25) is 4.79 Å². The van der Waals surface area contributed by atoms with E-state index in [1.807, 2.05) is 59.5 Å². The molecule has 2 heterocycles. The lowest BCUT2D eigenvalue weighted by molar-refractivity contribution is 0.0700.